The zero-order chi connectivity index (χ0) is 21.4. The normalized spacial score (nSPS) is 12.8. The molecule has 1 amide bonds. The lowest BCUT2D eigenvalue weighted by Gasteiger charge is -2.27. The van der Waals surface area contributed by atoms with Crippen LogP contribution in [0.2, 0.25) is 5.02 Å². The van der Waals surface area contributed by atoms with Gasteiger partial charge in [0.15, 0.2) is 0 Å². The number of carbonyl (C=O) groups is 1. The van der Waals surface area contributed by atoms with Crippen molar-refractivity contribution in [3.63, 3.8) is 0 Å². The molecule has 0 unspecified atom stereocenters. The van der Waals surface area contributed by atoms with Crippen molar-refractivity contribution in [1.29, 1.82) is 5.26 Å². The highest BCUT2D eigenvalue weighted by molar-refractivity contribution is 6.34. The summed E-state index contributed by atoms with van der Waals surface area (Å²) in [5.74, 6) is 0.230. The van der Waals surface area contributed by atoms with Crippen molar-refractivity contribution < 1.29 is 9.53 Å². The van der Waals surface area contributed by atoms with E-state index in [9.17, 15) is 4.79 Å². The van der Waals surface area contributed by atoms with Crippen LogP contribution in [0.5, 0.6) is 0 Å². The molecule has 0 bridgehead atoms. The zero-order valence-corrected chi connectivity index (χ0v) is 17.4. The van der Waals surface area contributed by atoms with Gasteiger partial charge in [0.1, 0.15) is 11.9 Å². The minimum absolute atomic E-state index is 0.0831. The number of pyridine rings is 2. The summed E-state index contributed by atoms with van der Waals surface area (Å²) in [7, 11) is 0. The molecule has 3 aromatic rings. The van der Waals surface area contributed by atoms with E-state index >= 15 is 0 Å². The number of aromatic nitrogens is 2. The van der Waals surface area contributed by atoms with Gasteiger partial charge in [0.25, 0.3) is 5.91 Å². The molecule has 1 aliphatic heterocycles. The van der Waals surface area contributed by atoms with Gasteiger partial charge in [0.05, 0.1) is 47.1 Å². The number of anilines is 1. The Labute approximate surface area is 179 Å². The summed E-state index contributed by atoms with van der Waals surface area (Å²) < 4.78 is 5.54. The number of halogens is 1. The summed E-state index contributed by atoms with van der Waals surface area (Å²) in [4.78, 5) is 23.8. The Morgan fingerprint density at radius 1 is 1.33 bits per heavy atom. The lowest BCUT2D eigenvalue weighted by atomic mass is 10.0. The Hall–Kier alpha value is -3.21. The summed E-state index contributed by atoms with van der Waals surface area (Å²) in [6, 6.07) is 8.85. The molecule has 7 nitrogen and oxygen atoms in total. The maximum Gasteiger partial charge on any atom is 0.255 e. The van der Waals surface area contributed by atoms with Gasteiger partial charge >= 0.3 is 0 Å². The highest BCUT2D eigenvalue weighted by atomic mass is 35.5. The van der Waals surface area contributed by atoms with E-state index in [1.165, 1.54) is 6.20 Å². The lowest BCUT2D eigenvalue weighted by molar-refractivity contribution is 0.0688. The second-order valence-corrected chi connectivity index (χ2v) is 7.88. The van der Waals surface area contributed by atoms with E-state index in [0.717, 1.165) is 16.5 Å². The molecule has 2 aromatic heterocycles. The Morgan fingerprint density at radius 2 is 2.10 bits per heavy atom. The highest BCUT2D eigenvalue weighted by Crippen LogP contribution is 2.34. The standard InChI is InChI=1S/C22H20ClN5O2/c1-12(2)28(9-14-4-3-13(7-24)8-26-14)22(29)16-5-15-17-10-30-11-18(17)21(25)27-20(15)6-19(16)23/h3-6,8,12H,9-11H2,1-2H3,(H2,25,27). The maximum atomic E-state index is 13.4. The summed E-state index contributed by atoms with van der Waals surface area (Å²) in [6.07, 6.45) is 1.50. The monoisotopic (exact) mass is 421 g/mol. The fourth-order valence-electron chi connectivity index (χ4n) is 3.56. The van der Waals surface area contributed by atoms with Crippen molar-refractivity contribution in [3.8, 4) is 6.07 Å². The third kappa shape index (κ3) is 3.56. The fraction of sp³-hybridized carbons (Fsp3) is 0.273. The number of carbonyl (C=O) groups excluding carboxylic acids is 1. The molecule has 30 heavy (non-hydrogen) atoms. The minimum atomic E-state index is -0.201. The van der Waals surface area contributed by atoms with E-state index in [1.807, 2.05) is 19.9 Å². The molecule has 0 saturated carbocycles. The number of nitrogen functional groups attached to an aromatic ring is 1. The van der Waals surface area contributed by atoms with Crippen LogP contribution in [0, 0.1) is 11.3 Å². The summed E-state index contributed by atoms with van der Waals surface area (Å²) >= 11 is 6.48. The molecule has 152 valence electrons. The van der Waals surface area contributed by atoms with Gasteiger partial charge in [0, 0.05) is 23.2 Å². The van der Waals surface area contributed by atoms with Crippen molar-refractivity contribution in [2.24, 2.45) is 0 Å². The van der Waals surface area contributed by atoms with E-state index in [1.54, 1.807) is 29.2 Å². The number of hydrogen-bond acceptors (Lipinski definition) is 6. The molecule has 4 rings (SSSR count). The van der Waals surface area contributed by atoms with Crippen molar-refractivity contribution in [3.05, 3.63) is 63.4 Å². The average molecular weight is 422 g/mol. The molecule has 0 spiro atoms. The van der Waals surface area contributed by atoms with Gasteiger partial charge in [-0.3, -0.25) is 9.78 Å². The second kappa shape index (κ2) is 7.90. The van der Waals surface area contributed by atoms with Crippen molar-refractivity contribution in [2.75, 3.05) is 5.73 Å². The summed E-state index contributed by atoms with van der Waals surface area (Å²) in [5, 5.41) is 10.1. The van der Waals surface area contributed by atoms with Crippen LogP contribution in [0.15, 0.2) is 30.5 Å². The number of rotatable bonds is 4. The molecule has 0 fully saturated rings. The van der Waals surface area contributed by atoms with Gasteiger partial charge in [-0.25, -0.2) is 4.98 Å². The van der Waals surface area contributed by atoms with Crippen LogP contribution in [-0.4, -0.2) is 26.8 Å². The molecule has 0 saturated heterocycles. The highest BCUT2D eigenvalue weighted by Gasteiger charge is 2.25. The smallest absolute Gasteiger partial charge is 0.255 e. The van der Waals surface area contributed by atoms with E-state index in [-0.39, 0.29) is 11.9 Å². The number of nitriles is 1. The van der Waals surface area contributed by atoms with Crippen LogP contribution in [0.3, 0.4) is 0 Å². The largest absolute Gasteiger partial charge is 0.383 e. The third-order valence-corrected chi connectivity index (χ3v) is 5.53. The van der Waals surface area contributed by atoms with Gasteiger partial charge in [-0.15, -0.1) is 0 Å². The number of amides is 1. The van der Waals surface area contributed by atoms with E-state index in [2.05, 4.69) is 9.97 Å². The molecular formula is C22H20ClN5O2. The van der Waals surface area contributed by atoms with Gasteiger partial charge in [-0.1, -0.05) is 11.6 Å². The van der Waals surface area contributed by atoms with Crippen LogP contribution < -0.4 is 5.73 Å². The first-order valence-corrected chi connectivity index (χ1v) is 9.91. The fourth-order valence-corrected chi connectivity index (χ4v) is 3.80. The Balaban J connectivity index is 1.73. The Morgan fingerprint density at radius 3 is 2.77 bits per heavy atom. The van der Waals surface area contributed by atoms with E-state index in [0.29, 0.717) is 52.9 Å². The maximum absolute atomic E-state index is 13.4. The Bertz CT molecular complexity index is 1190. The number of fused-ring (bicyclic) bond motifs is 3. The van der Waals surface area contributed by atoms with Gasteiger partial charge in [0.2, 0.25) is 0 Å². The molecule has 8 heteroatoms. The summed E-state index contributed by atoms with van der Waals surface area (Å²) in [5.41, 5.74) is 10.1. The van der Waals surface area contributed by atoms with Crippen LogP contribution in [0.1, 0.15) is 46.6 Å². The van der Waals surface area contributed by atoms with Crippen LogP contribution in [-0.2, 0) is 24.5 Å². The van der Waals surface area contributed by atoms with Gasteiger partial charge in [-0.05, 0) is 43.7 Å². The predicted molar refractivity (Wildman–Crippen MR) is 114 cm³/mol. The molecule has 0 atom stereocenters. The number of hydrogen-bond donors (Lipinski definition) is 1. The molecule has 0 aliphatic carbocycles. The number of nitrogens with zero attached hydrogens (tertiary/aromatic N) is 4. The zero-order valence-electron chi connectivity index (χ0n) is 16.6. The topological polar surface area (TPSA) is 105 Å². The molecule has 0 radical (unpaired) electrons. The quantitative estimate of drug-likeness (QED) is 0.686. The first-order valence-electron chi connectivity index (χ1n) is 9.53. The van der Waals surface area contributed by atoms with Crippen molar-refractivity contribution in [1.82, 2.24) is 14.9 Å². The van der Waals surface area contributed by atoms with Crippen molar-refractivity contribution >= 4 is 34.2 Å². The molecule has 2 N–H and O–H groups in total. The van der Waals surface area contributed by atoms with Crippen LogP contribution in [0.25, 0.3) is 10.9 Å². The first-order chi connectivity index (χ1) is 14.4. The van der Waals surface area contributed by atoms with Gasteiger partial charge in [-0.2, -0.15) is 5.26 Å². The SMILES string of the molecule is CC(C)N(Cc1ccc(C#N)cn1)C(=O)c1cc2c3c(c(N)nc2cc1Cl)COC3. The first kappa shape index (κ1) is 20.1. The number of nitrogens with two attached hydrogens (primary N) is 1. The van der Waals surface area contributed by atoms with E-state index in [4.69, 9.17) is 27.3 Å². The minimum Gasteiger partial charge on any atom is -0.383 e. The Kier molecular flexibility index (Phi) is 5.29. The van der Waals surface area contributed by atoms with Crippen molar-refractivity contribution in [2.45, 2.75) is 39.6 Å². The number of benzene rings is 1. The second-order valence-electron chi connectivity index (χ2n) is 7.47. The molecule has 3 heterocycles. The molecular weight excluding hydrogens is 402 g/mol. The average Bonchev–Trinajstić information content (AvgIpc) is 3.22. The van der Waals surface area contributed by atoms with Crippen LogP contribution in [0.4, 0.5) is 5.82 Å². The molecule has 1 aromatic carbocycles. The predicted octanol–water partition coefficient (Wildman–Crippen LogP) is 3.82. The number of ether oxygens (including phenoxy) is 1. The summed E-state index contributed by atoms with van der Waals surface area (Å²) in [6.45, 7) is 5.02. The van der Waals surface area contributed by atoms with E-state index < -0.39 is 0 Å². The lowest BCUT2D eigenvalue weighted by Crippen LogP contribution is -2.36. The van der Waals surface area contributed by atoms with Crippen LogP contribution >= 0.6 is 11.6 Å². The molecule has 1 aliphatic rings. The van der Waals surface area contributed by atoms with Gasteiger partial charge < -0.3 is 15.4 Å². The third-order valence-electron chi connectivity index (χ3n) is 5.22.